The number of ether oxygens (including phenoxy) is 1. The maximum Gasteiger partial charge on any atom is 0.305 e. The highest BCUT2D eigenvalue weighted by Crippen LogP contribution is 2.67. The highest BCUT2D eigenvalue weighted by molar-refractivity contribution is 5.69. The molecular weight excluding hydrogens is 360 g/mol. The molecular formula is C26H42O3. The van der Waals surface area contributed by atoms with Gasteiger partial charge in [0, 0.05) is 6.42 Å². The maximum atomic E-state index is 11.5. The minimum atomic E-state index is -0.0789. The molecule has 0 heterocycles. The Balaban J connectivity index is 1.45. The SMILES string of the molecule is COC(=O)CCC[C@@H](C)C1=CCC2C3CC[C@@H]4C[C@H](O)CC[C@]4(C)C3CC[C@]12C. The number of hydrogen-bond acceptors (Lipinski definition) is 3. The lowest BCUT2D eigenvalue weighted by atomic mass is 9.44. The molecule has 3 heteroatoms. The molecule has 0 bridgehead atoms. The van der Waals surface area contributed by atoms with Crippen molar-refractivity contribution < 1.29 is 14.6 Å². The van der Waals surface area contributed by atoms with Crippen molar-refractivity contribution in [1.29, 1.82) is 0 Å². The topological polar surface area (TPSA) is 46.5 Å². The number of aliphatic hydroxyl groups excluding tert-OH is 1. The third-order valence-corrected chi connectivity index (χ3v) is 10.1. The molecule has 4 aliphatic carbocycles. The zero-order valence-corrected chi connectivity index (χ0v) is 19.1. The van der Waals surface area contributed by atoms with Gasteiger partial charge < -0.3 is 9.84 Å². The average molecular weight is 403 g/mol. The summed E-state index contributed by atoms with van der Waals surface area (Å²) in [4.78, 5) is 11.5. The first kappa shape index (κ1) is 21.4. The molecule has 3 unspecified atom stereocenters. The predicted molar refractivity (Wildman–Crippen MR) is 116 cm³/mol. The quantitative estimate of drug-likeness (QED) is 0.459. The number of carbonyl (C=O) groups is 1. The molecule has 0 aromatic heterocycles. The van der Waals surface area contributed by atoms with Crippen LogP contribution >= 0.6 is 0 Å². The second kappa shape index (κ2) is 8.02. The molecule has 0 spiro atoms. The van der Waals surface area contributed by atoms with Crippen molar-refractivity contribution in [1.82, 2.24) is 0 Å². The number of rotatable bonds is 5. The van der Waals surface area contributed by atoms with Crippen LogP contribution in [0.25, 0.3) is 0 Å². The minimum Gasteiger partial charge on any atom is -0.469 e. The number of allylic oxidation sites excluding steroid dienone is 2. The van der Waals surface area contributed by atoms with Crippen molar-refractivity contribution in [2.75, 3.05) is 7.11 Å². The summed E-state index contributed by atoms with van der Waals surface area (Å²) in [5, 5.41) is 10.2. The van der Waals surface area contributed by atoms with Crippen molar-refractivity contribution >= 4 is 5.97 Å². The van der Waals surface area contributed by atoms with Gasteiger partial charge in [-0.2, -0.15) is 0 Å². The van der Waals surface area contributed by atoms with E-state index >= 15 is 0 Å². The summed E-state index contributed by atoms with van der Waals surface area (Å²) in [6, 6.07) is 0. The summed E-state index contributed by atoms with van der Waals surface area (Å²) in [7, 11) is 1.48. The standard InChI is InChI=1S/C26H42O3/c1-17(6-5-7-24(28)29-4)21-10-11-22-20-9-8-18-16-19(27)12-14-25(18,2)23(20)13-15-26(21,22)3/h10,17-20,22-23,27H,5-9,11-16H2,1-4H3/t17-,18-,19-,20?,22?,23?,25+,26-/m1/s1. The summed E-state index contributed by atoms with van der Waals surface area (Å²) in [5.41, 5.74) is 2.51. The van der Waals surface area contributed by atoms with E-state index in [1.807, 2.05) is 0 Å². The normalized spacial score (nSPS) is 44.9. The van der Waals surface area contributed by atoms with Gasteiger partial charge in [0.15, 0.2) is 0 Å². The van der Waals surface area contributed by atoms with Gasteiger partial charge in [0.05, 0.1) is 13.2 Å². The Labute approximate surface area is 177 Å². The molecule has 29 heavy (non-hydrogen) atoms. The van der Waals surface area contributed by atoms with Crippen LogP contribution in [0.4, 0.5) is 0 Å². The van der Waals surface area contributed by atoms with E-state index in [-0.39, 0.29) is 12.1 Å². The molecule has 1 N–H and O–H groups in total. The predicted octanol–water partition coefficient (Wildman–Crippen LogP) is 5.91. The largest absolute Gasteiger partial charge is 0.469 e. The monoisotopic (exact) mass is 402 g/mol. The molecule has 8 atom stereocenters. The molecule has 0 amide bonds. The van der Waals surface area contributed by atoms with Crippen molar-refractivity contribution in [3.63, 3.8) is 0 Å². The Hall–Kier alpha value is -0.830. The second-order valence-corrected chi connectivity index (χ2v) is 11.3. The van der Waals surface area contributed by atoms with E-state index in [4.69, 9.17) is 4.74 Å². The minimum absolute atomic E-state index is 0.0518. The number of aliphatic hydroxyl groups is 1. The van der Waals surface area contributed by atoms with Crippen LogP contribution < -0.4 is 0 Å². The molecule has 164 valence electrons. The van der Waals surface area contributed by atoms with E-state index in [0.717, 1.165) is 49.4 Å². The summed E-state index contributed by atoms with van der Waals surface area (Å²) >= 11 is 0. The summed E-state index contributed by atoms with van der Waals surface area (Å²) in [5.74, 6) is 3.76. The highest BCUT2D eigenvalue weighted by atomic mass is 16.5. The number of methoxy groups -OCH3 is 1. The Kier molecular flexibility index (Phi) is 5.92. The Morgan fingerprint density at radius 1 is 1.21 bits per heavy atom. The molecule has 0 saturated heterocycles. The molecule has 0 aliphatic heterocycles. The third kappa shape index (κ3) is 3.60. The lowest BCUT2D eigenvalue weighted by Gasteiger charge is -2.61. The van der Waals surface area contributed by atoms with E-state index in [9.17, 15) is 9.90 Å². The van der Waals surface area contributed by atoms with Gasteiger partial charge in [-0.3, -0.25) is 4.79 Å². The zero-order valence-electron chi connectivity index (χ0n) is 19.1. The van der Waals surface area contributed by atoms with Gasteiger partial charge in [0.2, 0.25) is 0 Å². The Bertz CT molecular complexity index is 654. The van der Waals surface area contributed by atoms with Crippen molar-refractivity contribution in [3.8, 4) is 0 Å². The van der Waals surface area contributed by atoms with Crippen molar-refractivity contribution in [2.24, 2.45) is 40.4 Å². The molecule has 4 aliphatic rings. The van der Waals surface area contributed by atoms with E-state index < -0.39 is 0 Å². The van der Waals surface area contributed by atoms with Crippen LogP contribution in [0.1, 0.15) is 91.4 Å². The molecule has 3 fully saturated rings. The lowest BCUT2D eigenvalue weighted by Crippen LogP contribution is -2.53. The first-order valence-electron chi connectivity index (χ1n) is 12.2. The number of hydrogen-bond donors (Lipinski definition) is 1. The van der Waals surface area contributed by atoms with Crippen LogP contribution in [0.5, 0.6) is 0 Å². The van der Waals surface area contributed by atoms with E-state index in [0.29, 0.717) is 23.2 Å². The smallest absolute Gasteiger partial charge is 0.305 e. The highest BCUT2D eigenvalue weighted by Gasteiger charge is 2.58. The number of esters is 1. The van der Waals surface area contributed by atoms with E-state index in [2.05, 4.69) is 26.8 Å². The fourth-order valence-corrected chi connectivity index (χ4v) is 8.41. The maximum absolute atomic E-state index is 11.5. The number of carbonyl (C=O) groups excluding carboxylic acids is 1. The van der Waals surface area contributed by atoms with Gasteiger partial charge in [-0.25, -0.2) is 0 Å². The molecule has 0 aromatic carbocycles. The molecule has 0 radical (unpaired) electrons. The van der Waals surface area contributed by atoms with Gasteiger partial charge >= 0.3 is 5.97 Å². The molecule has 3 nitrogen and oxygen atoms in total. The molecule has 3 saturated carbocycles. The van der Waals surface area contributed by atoms with Gasteiger partial charge in [0.25, 0.3) is 0 Å². The van der Waals surface area contributed by atoms with Crippen molar-refractivity contribution in [2.45, 2.75) is 97.5 Å². The van der Waals surface area contributed by atoms with Crippen LogP contribution in [0, 0.1) is 40.4 Å². The Morgan fingerprint density at radius 3 is 2.76 bits per heavy atom. The van der Waals surface area contributed by atoms with E-state index in [1.165, 1.54) is 45.6 Å². The van der Waals surface area contributed by atoms with Gasteiger partial charge in [0.1, 0.15) is 0 Å². The lowest BCUT2D eigenvalue weighted by molar-refractivity contribution is -0.140. The zero-order chi connectivity index (χ0) is 20.8. The first-order chi connectivity index (χ1) is 13.8. The second-order valence-electron chi connectivity index (χ2n) is 11.3. The van der Waals surface area contributed by atoms with E-state index in [1.54, 1.807) is 5.57 Å². The first-order valence-corrected chi connectivity index (χ1v) is 12.2. The summed E-state index contributed by atoms with van der Waals surface area (Å²) in [6.45, 7) is 7.51. The average Bonchev–Trinajstić information content (AvgIpc) is 3.05. The van der Waals surface area contributed by atoms with Crippen LogP contribution in [0.15, 0.2) is 11.6 Å². The van der Waals surface area contributed by atoms with Crippen LogP contribution in [0.2, 0.25) is 0 Å². The summed E-state index contributed by atoms with van der Waals surface area (Å²) < 4.78 is 4.81. The number of fused-ring (bicyclic) bond motifs is 5. The van der Waals surface area contributed by atoms with Gasteiger partial charge in [-0.15, -0.1) is 0 Å². The fourth-order valence-electron chi connectivity index (χ4n) is 8.41. The van der Waals surface area contributed by atoms with Gasteiger partial charge in [-0.1, -0.05) is 32.4 Å². The van der Waals surface area contributed by atoms with Crippen LogP contribution in [0.3, 0.4) is 0 Å². The van der Waals surface area contributed by atoms with Gasteiger partial charge in [-0.05, 0) is 105 Å². The van der Waals surface area contributed by atoms with Crippen molar-refractivity contribution in [3.05, 3.63) is 11.6 Å². The Morgan fingerprint density at radius 2 is 2.00 bits per heavy atom. The third-order valence-electron chi connectivity index (χ3n) is 10.1. The van der Waals surface area contributed by atoms with Crippen LogP contribution in [-0.2, 0) is 9.53 Å². The van der Waals surface area contributed by atoms with Crippen LogP contribution in [-0.4, -0.2) is 24.3 Å². The summed E-state index contributed by atoms with van der Waals surface area (Å²) in [6.07, 6.45) is 15.1. The fraction of sp³-hybridized carbons (Fsp3) is 0.885. The molecule has 0 aromatic rings. The molecule has 4 rings (SSSR count).